The average Bonchev–Trinajstić information content (AvgIpc) is 1.99. The van der Waals surface area contributed by atoms with E-state index in [0.29, 0.717) is 0 Å². The van der Waals surface area contributed by atoms with Crippen molar-refractivity contribution in [2.45, 2.75) is 45.8 Å². The third-order valence-electron chi connectivity index (χ3n) is 2.13. The van der Waals surface area contributed by atoms with E-state index in [-0.39, 0.29) is 12.1 Å². The normalized spacial score (nSPS) is 22.3. The van der Waals surface area contributed by atoms with Crippen LogP contribution >= 0.6 is 22.6 Å². The zero-order valence-corrected chi connectivity index (χ0v) is 11.9. The van der Waals surface area contributed by atoms with Crippen molar-refractivity contribution < 1.29 is 9.53 Å². The summed E-state index contributed by atoms with van der Waals surface area (Å²) in [7, 11) is 0. The molecule has 1 aliphatic heterocycles. The summed E-state index contributed by atoms with van der Waals surface area (Å²) in [5.41, 5.74) is -0.412. The Kier molecular flexibility index (Phi) is 4.03. The molecular weight excluding hydrogens is 305 g/mol. The molecule has 86 valence electrons. The Bertz CT molecular complexity index is 281. The van der Waals surface area contributed by atoms with Crippen molar-refractivity contribution in [2.24, 2.45) is 0 Å². The van der Waals surface area contributed by atoms with Crippen LogP contribution in [0.15, 0.2) is 9.66 Å². The molecule has 4 heteroatoms. The van der Waals surface area contributed by atoms with Gasteiger partial charge in [0, 0.05) is 6.54 Å². The van der Waals surface area contributed by atoms with E-state index in [1.807, 2.05) is 27.7 Å². The maximum atomic E-state index is 11.8. The van der Waals surface area contributed by atoms with Gasteiger partial charge in [0.05, 0.1) is 6.04 Å². The summed E-state index contributed by atoms with van der Waals surface area (Å²) >= 11 is 2.32. The molecule has 1 amide bonds. The van der Waals surface area contributed by atoms with Crippen molar-refractivity contribution in [2.75, 3.05) is 6.54 Å². The summed E-state index contributed by atoms with van der Waals surface area (Å²) in [6.07, 6.45) is 2.83. The fourth-order valence-electron chi connectivity index (χ4n) is 1.44. The van der Waals surface area contributed by atoms with E-state index in [0.717, 1.165) is 13.0 Å². The van der Waals surface area contributed by atoms with E-state index >= 15 is 0 Å². The monoisotopic (exact) mass is 323 g/mol. The van der Waals surface area contributed by atoms with E-state index in [1.54, 1.807) is 4.90 Å². The summed E-state index contributed by atoms with van der Waals surface area (Å²) in [6, 6.07) is 0.139. The average molecular weight is 323 g/mol. The first kappa shape index (κ1) is 12.8. The highest BCUT2D eigenvalue weighted by atomic mass is 127. The number of nitrogens with zero attached hydrogens (tertiary/aromatic N) is 1. The molecule has 0 aromatic heterocycles. The lowest BCUT2D eigenvalue weighted by molar-refractivity contribution is 0.0206. The van der Waals surface area contributed by atoms with Gasteiger partial charge in [0.15, 0.2) is 0 Å². The Morgan fingerprint density at radius 3 is 2.67 bits per heavy atom. The van der Waals surface area contributed by atoms with Crippen molar-refractivity contribution in [3.63, 3.8) is 0 Å². The Morgan fingerprint density at radius 1 is 1.60 bits per heavy atom. The van der Waals surface area contributed by atoms with Crippen LogP contribution in [0.1, 0.15) is 34.1 Å². The van der Waals surface area contributed by atoms with Gasteiger partial charge in [-0.3, -0.25) is 0 Å². The number of rotatable bonds is 0. The molecule has 15 heavy (non-hydrogen) atoms. The number of carbonyl (C=O) groups is 1. The first-order chi connectivity index (χ1) is 6.79. The van der Waals surface area contributed by atoms with Crippen molar-refractivity contribution >= 4 is 28.7 Å². The zero-order valence-electron chi connectivity index (χ0n) is 9.71. The van der Waals surface area contributed by atoms with E-state index in [9.17, 15) is 4.79 Å². The van der Waals surface area contributed by atoms with Crippen molar-refractivity contribution in [3.8, 4) is 0 Å². The lowest BCUT2D eigenvalue weighted by atomic mass is 10.1. The largest absolute Gasteiger partial charge is 0.444 e. The van der Waals surface area contributed by atoms with Crippen LogP contribution in [0, 0.1) is 0 Å². The minimum atomic E-state index is -0.412. The number of carbonyl (C=O) groups excluding carboxylic acids is 1. The van der Waals surface area contributed by atoms with Gasteiger partial charge < -0.3 is 9.64 Å². The summed E-state index contributed by atoms with van der Waals surface area (Å²) in [5, 5.41) is 0. The lowest BCUT2D eigenvalue weighted by Gasteiger charge is -2.33. The van der Waals surface area contributed by atoms with Crippen LogP contribution in [0.4, 0.5) is 4.79 Å². The molecule has 0 saturated carbocycles. The quantitative estimate of drug-likeness (QED) is 0.640. The highest BCUT2D eigenvalue weighted by molar-refractivity contribution is 14.1. The predicted molar refractivity (Wildman–Crippen MR) is 69.1 cm³/mol. The van der Waals surface area contributed by atoms with Crippen LogP contribution in [0.5, 0.6) is 0 Å². The molecule has 1 atom stereocenters. The first-order valence-electron chi connectivity index (χ1n) is 5.15. The van der Waals surface area contributed by atoms with Crippen molar-refractivity contribution in [1.82, 2.24) is 4.90 Å². The summed E-state index contributed by atoms with van der Waals surface area (Å²) in [6.45, 7) is 8.43. The molecule has 3 nitrogen and oxygen atoms in total. The highest BCUT2D eigenvalue weighted by Gasteiger charge is 2.27. The van der Waals surface area contributed by atoms with Gasteiger partial charge in [-0.05, 0) is 60.3 Å². The van der Waals surface area contributed by atoms with E-state index < -0.39 is 5.60 Å². The summed E-state index contributed by atoms with van der Waals surface area (Å²) < 4.78 is 6.66. The Labute approximate surface area is 105 Å². The van der Waals surface area contributed by atoms with Gasteiger partial charge in [-0.15, -0.1) is 0 Å². The third-order valence-corrected chi connectivity index (χ3v) is 3.03. The fourth-order valence-corrected chi connectivity index (χ4v) is 2.21. The zero-order chi connectivity index (χ0) is 11.6. The van der Waals surface area contributed by atoms with Gasteiger partial charge in [0.25, 0.3) is 0 Å². The van der Waals surface area contributed by atoms with E-state index in [4.69, 9.17) is 4.74 Å². The second-order valence-corrected chi connectivity index (χ2v) is 6.16. The number of amides is 1. The van der Waals surface area contributed by atoms with Crippen LogP contribution < -0.4 is 0 Å². The van der Waals surface area contributed by atoms with Crippen LogP contribution in [0.3, 0.4) is 0 Å². The van der Waals surface area contributed by atoms with Gasteiger partial charge in [-0.25, -0.2) is 4.79 Å². The van der Waals surface area contributed by atoms with Crippen LogP contribution in [-0.2, 0) is 4.74 Å². The maximum Gasteiger partial charge on any atom is 0.410 e. The number of hydrogen-bond donors (Lipinski definition) is 0. The van der Waals surface area contributed by atoms with Gasteiger partial charge in [-0.2, -0.15) is 0 Å². The fraction of sp³-hybridized carbons (Fsp3) is 0.727. The van der Waals surface area contributed by atoms with Crippen LogP contribution in [0.25, 0.3) is 0 Å². The molecule has 1 heterocycles. The summed E-state index contributed by atoms with van der Waals surface area (Å²) in [5.74, 6) is 0. The Hall–Kier alpha value is -0.260. The molecule has 0 spiro atoms. The number of hydrogen-bond acceptors (Lipinski definition) is 2. The second-order valence-electron chi connectivity index (χ2n) is 4.78. The molecule has 0 saturated heterocycles. The van der Waals surface area contributed by atoms with Gasteiger partial charge in [0.1, 0.15) is 5.60 Å². The molecule has 0 aromatic carbocycles. The van der Waals surface area contributed by atoms with Crippen LogP contribution in [0.2, 0.25) is 0 Å². The molecule has 0 radical (unpaired) electrons. The Balaban J connectivity index is 2.62. The standard InChI is InChI=1S/C11H18INO2/c1-8-7-9(12)5-6-13(8)10(14)15-11(2,3)4/h7-8H,5-6H2,1-4H3. The molecule has 0 fully saturated rings. The van der Waals surface area contributed by atoms with Gasteiger partial charge >= 0.3 is 6.09 Å². The topological polar surface area (TPSA) is 29.5 Å². The summed E-state index contributed by atoms with van der Waals surface area (Å²) in [4.78, 5) is 13.6. The molecule has 1 rings (SSSR count). The SMILES string of the molecule is CC1C=C(I)CCN1C(=O)OC(C)(C)C. The molecule has 0 aromatic rings. The molecule has 0 N–H and O–H groups in total. The molecule has 1 unspecified atom stereocenters. The maximum absolute atomic E-state index is 11.8. The predicted octanol–water partition coefficient (Wildman–Crippen LogP) is 3.33. The molecule has 0 aliphatic carbocycles. The number of ether oxygens (including phenoxy) is 1. The van der Waals surface area contributed by atoms with Gasteiger partial charge in [-0.1, -0.05) is 6.08 Å². The molecule has 0 bridgehead atoms. The van der Waals surface area contributed by atoms with Crippen molar-refractivity contribution in [1.29, 1.82) is 0 Å². The van der Waals surface area contributed by atoms with Gasteiger partial charge in [0.2, 0.25) is 0 Å². The Morgan fingerprint density at radius 2 is 2.20 bits per heavy atom. The van der Waals surface area contributed by atoms with Crippen LogP contribution in [-0.4, -0.2) is 29.2 Å². The lowest BCUT2D eigenvalue weighted by Crippen LogP contribution is -2.43. The van der Waals surface area contributed by atoms with E-state index in [2.05, 4.69) is 28.7 Å². The minimum absolute atomic E-state index is 0.139. The number of halogens is 1. The van der Waals surface area contributed by atoms with Crippen molar-refractivity contribution in [3.05, 3.63) is 9.66 Å². The highest BCUT2D eigenvalue weighted by Crippen LogP contribution is 2.22. The third kappa shape index (κ3) is 4.01. The van der Waals surface area contributed by atoms with E-state index in [1.165, 1.54) is 3.58 Å². The first-order valence-corrected chi connectivity index (χ1v) is 6.23. The smallest absolute Gasteiger partial charge is 0.410 e. The second kappa shape index (κ2) is 4.72. The molecule has 1 aliphatic rings. The minimum Gasteiger partial charge on any atom is -0.444 e. The molecular formula is C11H18INO2.